The van der Waals surface area contributed by atoms with Crippen LogP contribution < -0.4 is 5.32 Å². The summed E-state index contributed by atoms with van der Waals surface area (Å²) in [6, 6.07) is 14.3. The van der Waals surface area contributed by atoms with E-state index in [0.717, 1.165) is 22.2 Å². The van der Waals surface area contributed by atoms with Crippen molar-refractivity contribution in [3.63, 3.8) is 0 Å². The highest BCUT2D eigenvalue weighted by molar-refractivity contribution is 5.84. The summed E-state index contributed by atoms with van der Waals surface area (Å²) in [6.45, 7) is 0. The summed E-state index contributed by atoms with van der Waals surface area (Å²) in [5.74, 6) is 0.424. The molecule has 0 saturated carbocycles. The van der Waals surface area contributed by atoms with Gasteiger partial charge in [0.15, 0.2) is 11.5 Å². The molecule has 0 unspecified atom stereocenters. The number of hydrogen-bond donors (Lipinski definition) is 1. The first-order valence-electron chi connectivity index (χ1n) is 6.98. The van der Waals surface area contributed by atoms with Gasteiger partial charge in [-0.2, -0.15) is 0 Å². The standard InChI is InChI=1S/C17H13FN4/c1-19-16-17-21-14(11-5-4-6-12(18)9-11)10-22(17)15-8-3-2-7-13(15)20-16/h2-10H,1H3,(H,19,20). The van der Waals surface area contributed by atoms with Crippen LogP contribution in [0.2, 0.25) is 0 Å². The van der Waals surface area contributed by atoms with Gasteiger partial charge in [-0.05, 0) is 24.3 Å². The molecule has 2 heterocycles. The maximum Gasteiger partial charge on any atom is 0.181 e. The fourth-order valence-corrected chi connectivity index (χ4v) is 2.62. The van der Waals surface area contributed by atoms with Crippen molar-refractivity contribution >= 4 is 22.5 Å². The first-order valence-corrected chi connectivity index (χ1v) is 6.98. The number of benzene rings is 2. The first kappa shape index (κ1) is 12.8. The van der Waals surface area contributed by atoms with Gasteiger partial charge >= 0.3 is 0 Å². The molecule has 0 bridgehead atoms. The number of imidazole rings is 1. The quantitative estimate of drug-likeness (QED) is 0.612. The highest BCUT2D eigenvalue weighted by Crippen LogP contribution is 2.26. The molecule has 2 aromatic heterocycles. The van der Waals surface area contributed by atoms with Gasteiger partial charge in [-0.3, -0.25) is 4.40 Å². The average Bonchev–Trinajstić information content (AvgIpc) is 2.99. The van der Waals surface area contributed by atoms with Crippen LogP contribution in [0.15, 0.2) is 54.7 Å². The molecule has 0 atom stereocenters. The minimum Gasteiger partial charge on any atom is -0.370 e. The molecule has 0 aliphatic carbocycles. The van der Waals surface area contributed by atoms with Crippen molar-refractivity contribution in [1.29, 1.82) is 0 Å². The van der Waals surface area contributed by atoms with Crippen molar-refractivity contribution in [2.45, 2.75) is 0 Å². The molecule has 0 aliphatic heterocycles. The number of hydrogen-bond acceptors (Lipinski definition) is 3. The monoisotopic (exact) mass is 292 g/mol. The van der Waals surface area contributed by atoms with E-state index in [1.807, 2.05) is 48.0 Å². The molecule has 4 aromatic rings. The summed E-state index contributed by atoms with van der Waals surface area (Å²) < 4.78 is 15.4. The first-order chi connectivity index (χ1) is 10.8. The highest BCUT2D eigenvalue weighted by Gasteiger charge is 2.12. The molecule has 22 heavy (non-hydrogen) atoms. The van der Waals surface area contributed by atoms with Crippen molar-refractivity contribution in [2.24, 2.45) is 0 Å². The van der Waals surface area contributed by atoms with Gasteiger partial charge in [0.2, 0.25) is 0 Å². The Kier molecular flexibility index (Phi) is 2.79. The highest BCUT2D eigenvalue weighted by atomic mass is 19.1. The summed E-state index contributed by atoms with van der Waals surface area (Å²) in [6.07, 6.45) is 1.91. The number of rotatable bonds is 2. The molecule has 2 aromatic carbocycles. The smallest absolute Gasteiger partial charge is 0.181 e. The maximum absolute atomic E-state index is 13.4. The minimum absolute atomic E-state index is 0.272. The Balaban J connectivity index is 2.06. The number of anilines is 1. The molecule has 4 nitrogen and oxygen atoms in total. The lowest BCUT2D eigenvalue weighted by atomic mass is 10.2. The van der Waals surface area contributed by atoms with E-state index >= 15 is 0 Å². The van der Waals surface area contributed by atoms with Crippen molar-refractivity contribution < 1.29 is 4.39 Å². The fourth-order valence-electron chi connectivity index (χ4n) is 2.62. The minimum atomic E-state index is -0.272. The van der Waals surface area contributed by atoms with E-state index in [1.165, 1.54) is 12.1 Å². The van der Waals surface area contributed by atoms with Gasteiger partial charge in [0, 0.05) is 18.8 Å². The van der Waals surface area contributed by atoms with Crippen molar-refractivity contribution in [2.75, 3.05) is 12.4 Å². The third-order valence-electron chi connectivity index (χ3n) is 3.65. The summed E-state index contributed by atoms with van der Waals surface area (Å²) in [4.78, 5) is 9.19. The van der Waals surface area contributed by atoms with Gasteiger partial charge < -0.3 is 5.32 Å². The van der Waals surface area contributed by atoms with Gasteiger partial charge in [-0.1, -0.05) is 24.3 Å². The van der Waals surface area contributed by atoms with Crippen LogP contribution in [0.3, 0.4) is 0 Å². The topological polar surface area (TPSA) is 42.2 Å². The Morgan fingerprint density at radius 3 is 2.73 bits per heavy atom. The van der Waals surface area contributed by atoms with E-state index in [1.54, 1.807) is 6.07 Å². The second-order valence-electron chi connectivity index (χ2n) is 5.03. The van der Waals surface area contributed by atoms with Crippen molar-refractivity contribution in [3.8, 4) is 11.3 Å². The molecule has 0 spiro atoms. The zero-order valence-electron chi connectivity index (χ0n) is 11.9. The Hall–Kier alpha value is -2.95. The van der Waals surface area contributed by atoms with E-state index < -0.39 is 0 Å². The van der Waals surface area contributed by atoms with Gasteiger partial charge in [-0.25, -0.2) is 14.4 Å². The zero-order chi connectivity index (χ0) is 15.1. The van der Waals surface area contributed by atoms with Gasteiger partial charge in [0.25, 0.3) is 0 Å². The molecule has 5 heteroatoms. The molecular weight excluding hydrogens is 279 g/mol. The Labute approximate surface area is 126 Å². The summed E-state index contributed by atoms with van der Waals surface area (Å²) in [5, 5.41) is 3.07. The SMILES string of the molecule is CNc1nc2ccccc2n2cc(-c3cccc(F)c3)nc12. The number of para-hydroxylation sites is 2. The van der Waals surface area contributed by atoms with Crippen LogP contribution in [0.25, 0.3) is 27.9 Å². The van der Waals surface area contributed by atoms with Crippen LogP contribution in [-0.4, -0.2) is 21.4 Å². The Bertz CT molecular complexity index is 990. The molecule has 4 rings (SSSR count). The third-order valence-corrected chi connectivity index (χ3v) is 3.65. The van der Waals surface area contributed by atoms with Crippen LogP contribution in [0.5, 0.6) is 0 Å². The van der Waals surface area contributed by atoms with E-state index in [-0.39, 0.29) is 5.82 Å². The number of fused-ring (bicyclic) bond motifs is 3. The van der Waals surface area contributed by atoms with E-state index in [2.05, 4.69) is 15.3 Å². The zero-order valence-corrected chi connectivity index (χ0v) is 11.9. The lowest BCUT2D eigenvalue weighted by molar-refractivity contribution is 0.628. The van der Waals surface area contributed by atoms with Gasteiger partial charge in [0.1, 0.15) is 5.82 Å². The summed E-state index contributed by atoms with van der Waals surface area (Å²) in [7, 11) is 1.81. The van der Waals surface area contributed by atoms with Gasteiger partial charge in [-0.15, -0.1) is 0 Å². The molecule has 0 saturated heterocycles. The van der Waals surface area contributed by atoms with Crippen LogP contribution in [0.4, 0.5) is 10.2 Å². The molecule has 0 fully saturated rings. The molecule has 0 amide bonds. The van der Waals surface area contributed by atoms with Crippen LogP contribution >= 0.6 is 0 Å². The number of aromatic nitrogens is 3. The second kappa shape index (κ2) is 4.80. The van der Waals surface area contributed by atoms with Crippen LogP contribution in [0, 0.1) is 5.82 Å². The molecule has 108 valence electrons. The molecule has 0 aliphatic rings. The van der Waals surface area contributed by atoms with Crippen LogP contribution in [-0.2, 0) is 0 Å². The second-order valence-corrected chi connectivity index (χ2v) is 5.03. The number of nitrogens with zero attached hydrogens (tertiary/aromatic N) is 3. The van der Waals surface area contributed by atoms with E-state index in [4.69, 9.17) is 0 Å². The number of halogens is 1. The molecular formula is C17H13FN4. The average molecular weight is 292 g/mol. The van der Waals surface area contributed by atoms with E-state index in [9.17, 15) is 4.39 Å². The molecule has 0 radical (unpaired) electrons. The molecule has 1 N–H and O–H groups in total. The summed E-state index contributed by atoms with van der Waals surface area (Å²) in [5.41, 5.74) is 4.03. The Morgan fingerprint density at radius 1 is 1.05 bits per heavy atom. The maximum atomic E-state index is 13.4. The van der Waals surface area contributed by atoms with Gasteiger partial charge in [0.05, 0.1) is 16.7 Å². The Morgan fingerprint density at radius 2 is 1.91 bits per heavy atom. The predicted molar refractivity (Wildman–Crippen MR) is 85.4 cm³/mol. The lowest BCUT2D eigenvalue weighted by Crippen LogP contribution is -1.98. The normalized spacial score (nSPS) is 11.2. The predicted octanol–water partition coefficient (Wildman–Crippen LogP) is 3.73. The lowest BCUT2D eigenvalue weighted by Gasteiger charge is -2.05. The fraction of sp³-hybridized carbons (Fsp3) is 0.0588. The number of nitrogens with one attached hydrogen (secondary N) is 1. The van der Waals surface area contributed by atoms with Crippen molar-refractivity contribution in [1.82, 2.24) is 14.4 Å². The summed E-state index contributed by atoms with van der Waals surface area (Å²) >= 11 is 0. The van der Waals surface area contributed by atoms with Crippen LogP contribution in [0.1, 0.15) is 0 Å². The third kappa shape index (κ3) is 1.90. The largest absolute Gasteiger partial charge is 0.370 e. The van der Waals surface area contributed by atoms with Crippen molar-refractivity contribution in [3.05, 3.63) is 60.5 Å². The van der Waals surface area contributed by atoms with E-state index in [0.29, 0.717) is 11.5 Å².